The Bertz CT molecular complexity index is 1490. The first-order valence-corrected chi connectivity index (χ1v) is 10.4. The minimum Gasteiger partial charge on any atom is -0.437 e. The molecule has 0 saturated heterocycles. The van der Waals surface area contributed by atoms with Gasteiger partial charge in [-0.1, -0.05) is 6.07 Å². The molecule has 0 radical (unpaired) electrons. The van der Waals surface area contributed by atoms with Gasteiger partial charge in [0.25, 0.3) is 0 Å². The van der Waals surface area contributed by atoms with Crippen LogP contribution in [0.15, 0.2) is 36.9 Å². The first kappa shape index (κ1) is 18.6. The number of ether oxygens (including phenoxy) is 1. The average molecular weight is 427 g/mol. The Morgan fingerprint density at radius 2 is 2.09 bits per heavy atom. The van der Waals surface area contributed by atoms with Crippen LogP contribution in [0.2, 0.25) is 0 Å². The van der Waals surface area contributed by atoms with E-state index < -0.39 is 0 Å². The number of anilines is 3. The standard InChI is InChI=1S/C22H21N9O/c1-12-5-6-14-13(9-26-29-14)20(12)32-22-19-15(24-11-25-21(19)23)8-18(28-22)31-7-3-4-16-17(31)10-27-30(16)2/h5-6,8-11H,3-4,7H2,1-2H3,(H,26,29)(H2,23,24,25). The smallest absolute Gasteiger partial charge is 0.234 e. The van der Waals surface area contributed by atoms with E-state index in [-0.39, 0.29) is 0 Å². The Morgan fingerprint density at radius 1 is 1.19 bits per heavy atom. The van der Waals surface area contributed by atoms with Crippen LogP contribution in [-0.4, -0.2) is 41.5 Å². The number of H-pyrrole nitrogens is 1. The van der Waals surface area contributed by atoms with Crippen LogP contribution in [0.25, 0.3) is 21.8 Å². The van der Waals surface area contributed by atoms with E-state index in [1.54, 1.807) is 6.20 Å². The third-order valence-electron chi connectivity index (χ3n) is 5.97. The number of benzene rings is 1. The van der Waals surface area contributed by atoms with E-state index in [9.17, 15) is 0 Å². The maximum absolute atomic E-state index is 6.42. The van der Waals surface area contributed by atoms with Gasteiger partial charge in [0.15, 0.2) is 0 Å². The number of nitrogens with zero attached hydrogens (tertiary/aromatic N) is 7. The number of aromatic amines is 1. The lowest BCUT2D eigenvalue weighted by molar-refractivity contribution is 0.471. The van der Waals surface area contributed by atoms with Crippen molar-refractivity contribution in [2.45, 2.75) is 19.8 Å². The van der Waals surface area contributed by atoms with Crippen molar-refractivity contribution in [2.24, 2.45) is 7.05 Å². The molecular formula is C22H21N9O. The van der Waals surface area contributed by atoms with E-state index in [4.69, 9.17) is 15.5 Å². The van der Waals surface area contributed by atoms with Crippen molar-refractivity contribution < 1.29 is 4.74 Å². The van der Waals surface area contributed by atoms with Gasteiger partial charge in [-0.2, -0.15) is 15.2 Å². The minimum atomic E-state index is 0.321. The molecule has 0 unspecified atom stereocenters. The van der Waals surface area contributed by atoms with Gasteiger partial charge in [-0.3, -0.25) is 9.78 Å². The number of pyridine rings is 1. The Morgan fingerprint density at radius 3 is 3.00 bits per heavy atom. The molecule has 0 fully saturated rings. The zero-order valence-electron chi connectivity index (χ0n) is 17.7. The molecule has 4 aromatic heterocycles. The molecule has 1 aliphatic heterocycles. The maximum Gasteiger partial charge on any atom is 0.234 e. The van der Waals surface area contributed by atoms with Crippen LogP contribution in [0, 0.1) is 6.92 Å². The average Bonchev–Trinajstić information content (AvgIpc) is 3.42. The fourth-order valence-corrected chi connectivity index (χ4v) is 4.33. The molecular weight excluding hydrogens is 406 g/mol. The third kappa shape index (κ3) is 2.76. The molecule has 0 spiro atoms. The largest absolute Gasteiger partial charge is 0.437 e. The molecule has 3 N–H and O–H groups in total. The molecule has 160 valence electrons. The van der Waals surface area contributed by atoms with E-state index >= 15 is 0 Å². The summed E-state index contributed by atoms with van der Waals surface area (Å²) in [5, 5.41) is 13.0. The fourth-order valence-electron chi connectivity index (χ4n) is 4.33. The number of fused-ring (bicyclic) bond motifs is 3. The monoisotopic (exact) mass is 427 g/mol. The van der Waals surface area contributed by atoms with E-state index in [0.717, 1.165) is 47.4 Å². The molecule has 5 aromatic rings. The number of nitrogens with one attached hydrogen (secondary N) is 1. The number of aromatic nitrogens is 7. The van der Waals surface area contributed by atoms with E-state index in [0.29, 0.717) is 28.4 Å². The highest BCUT2D eigenvalue weighted by Crippen LogP contribution is 2.39. The molecule has 32 heavy (non-hydrogen) atoms. The molecule has 0 amide bonds. The van der Waals surface area contributed by atoms with Crippen molar-refractivity contribution in [1.29, 1.82) is 0 Å². The maximum atomic E-state index is 6.42. The lowest BCUT2D eigenvalue weighted by Gasteiger charge is -2.28. The lowest BCUT2D eigenvalue weighted by atomic mass is 10.1. The van der Waals surface area contributed by atoms with Gasteiger partial charge in [0.2, 0.25) is 5.88 Å². The molecule has 6 rings (SSSR count). The fraction of sp³-hybridized carbons (Fsp3) is 0.227. The first-order valence-electron chi connectivity index (χ1n) is 10.4. The van der Waals surface area contributed by atoms with Crippen molar-refractivity contribution in [2.75, 3.05) is 17.2 Å². The van der Waals surface area contributed by atoms with Crippen molar-refractivity contribution in [3.63, 3.8) is 0 Å². The summed E-state index contributed by atoms with van der Waals surface area (Å²) in [4.78, 5) is 15.7. The predicted octanol–water partition coefficient (Wildman–Crippen LogP) is 3.40. The lowest BCUT2D eigenvalue weighted by Crippen LogP contribution is -2.25. The number of hydrogen-bond donors (Lipinski definition) is 2. The molecule has 5 heterocycles. The van der Waals surface area contributed by atoms with Crippen LogP contribution in [0.5, 0.6) is 11.6 Å². The van der Waals surface area contributed by atoms with Crippen molar-refractivity contribution in [3.05, 3.63) is 48.2 Å². The summed E-state index contributed by atoms with van der Waals surface area (Å²) in [5.41, 5.74) is 11.0. The molecule has 1 aromatic carbocycles. The summed E-state index contributed by atoms with van der Waals surface area (Å²) in [6.07, 6.45) is 7.07. The summed E-state index contributed by atoms with van der Waals surface area (Å²) in [5.74, 6) is 2.09. The molecule has 1 aliphatic rings. The Balaban J connectivity index is 1.55. The highest BCUT2D eigenvalue weighted by atomic mass is 16.5. The van der Waals surface area contributed by atoms with Crippen LogP contribution >= 0.6 is 0 Å². The number of hydrogen-bond acceptors (Lipinski definition) is 8. The zero-order valence-corrected chi connectivity index (χ0v) is 17.7. The zero-order chi connectivity index (χ0) is 21.8. The van der Waals surface area contributed by atoms with Gasteiger partial charge in [-0.25, -0.2) is 9.97 Å². The van der Waals surface area contributed by atoms with Crippen LogP contribution in [0.1, 0.15) is 17.7 Å². The predicted molar refractivity (Wildman–Crippen MR) is 121 cm³/mol. The van der Waals surface area contributed by atoms with Crippen molar-refractivity contribution >= 4 is 39.1 Å². The number of nitrogens with two attached hydrogens (primary N) is 1. The second kappa shape index (κ2) is 6.91. The summed E-state index contributed by atoms with van der Waals surface area (Å²) in [7, 11) is 1.97. The summed E-state index contributed by atoms with van der Waals surface area (Å²) in [6.45, 7) is 2.81. The number of aryl methyl sites for hydroxylation is 2. The van der Waals surface area contributed by atoms with Crippen LogP contribution < -0.4 is 15.4 Å². The van der Waals surface area contributed by atoms with Gasteiger partial charge in [-0.15, -0.1) is 0 Å². The highest BCUT2D eigenvalue weighted by molar-refractivity contribution is 5.95. The van der Waals surface area contributed by atoms with Gasteiger partial charge in [0.1, 0.15) is 29.1 Å². The van der Waals surface area contributed by atoms with E-state index in [1.165, 1.54) is 12.0 Å². The quantitative estimate of drug-likeness (QED) is 0.449. The third-order valence-corrected chi connectivity index (χ3v) is 5.97. The molecule has 10 heteroatoms. The Labute approximate surface area is 183 Å². The molecule has 0 aliphatic carbocycles. The SMILES string of the molecule is Cc1ccc2[nH]ncc2c1Oc1nc(N2CCCc3c2cnn3C)cc2ncnc(N)c12. The highest BCUT2D eigenvalue weighted by Gasteiger charge is 2.25. The summed E-state index contributed by atoms with van der Waals surface area (Å²) >= 11 is 0. The second-order valence-corrected chi connectivity index (χ2v) is 7.94. The molecule has 0 saturated carbocycles. The van der Waals surface area contributed by atoms with Crippen molar-refractivity contribution in [1.82, 2.24) is 34.9 Å². The van der Waals surface area contributed by atoms with Gasteiger partial charge in [-0.05, 0) is 31.4 Å². The molecule has 0 bridgehead atoms. The van der Waals surface area contributed by atoms with Crippen LogP contribution in [0.4, 0.5) is 17.3 Å². The van der Waals surface area contributed by atoms with Gasteiger partial charge in [0.05, 0.1) is 40.2 Å². The molecule has 0 atom stereocenters. The van der Waals surface area contributed by atoms with Gasteiger partial charge < -0.3 is 15.4 Å². The first-order chi connectivity index (χ1) is 15.6. The molecule has 10 nitrogen and oxygen atoms in total. The van der Waals surface area contributed by atoms with Gasteiger partial charge >= 0.3 is 0 Å². The normalized spacial score (nSPS) is 13.6. The van der Waals surface area contributed by atoms with Crippen LogP contribution in [0.3, 0.4) is 0 Å². The Hall–Kier alpha value is -4.21. The second-order valence-electron chi connectivity index (χ2n) is 7.94. The Kier molecular flexibility index (Phi) is 4.00. The van der Waals surface area contributed by atoms with Gasteiger partial charge in [0, 0.05) is 19.7 Å². The van der Waals surface area contributed by atoms with E-state index in [1.807, 2.05) is 43.0 Å². The summed E-state index contributed by atoms with van der Waals surface area (Å²) in [6, 6.07) is 5.88. The number of nitrogen functional groups attached to an aromatic ring is 1. The van der Waals surface area contributed by atoms with Crippen LogP contribution in [-0.2, 0) is 13.5 Å². The topological polar surface area (TPSA) is 124 Å². The number of rotatable bonds is 3. The minimum absolute atomic E-state index is 0.321. The van der Waals surface area contributed by atoms with Crippen molar-refractivity contribution in [3.8, 4) is 11.6 Å². The summed E-state index contributed by atoms with van der Waals surface area (Å²) < 4.78 is 8.34. The van der Waals surface area contributed by atoms with E-state index in [2.05, 4.69) is 30.2 Å².